The molecule has 34 heavy (non-hydrogen) atoms. The van der Waals surface area contributed by atoms with Gasteiger partial charge in [-0.25, -0.2) is 4.79 Å². The first-order chi connectivity index (χ1) is 16.6. The van der Waals surface area contributed by atoms with Crippen LogP contribution in [-0.2, 0) is 11.2 Å². The van der Waals surface area contributed by atoms with Crippen molar-refractivity contribution in [1.82, 2.24) is 0 Å². The number of esters is 1. The maximum atomic E-state index is 12.5. The Kier molecular flexibility index (Phi) is 14.1. The maximum Gasteiger partial charge on any atom is 0.343 e. The molecule has 0 saturated carbocycles. The van der Waals surface area contributed by atoms with Gasteiger partial charge in [0.15, 0.2) is 0 Å². The zero-order valence-corrected chi connectivity index (χ0v) is 21.5. The van der Waals surface area contributed by atoms with Crippen molar-refractivity contribution in [3.8, 4) is 11.5 Å². The minimum Gasteiger partial charge on any atom is -0.494 e. The van der Waals surface area contributed by atoms with Crippen LogP contribution < -0.4 is 9.47 Å². The van der Waals surface area contributed by atoms with Crippen LogP contribution >= 0.6 is 0 Å². The smallest absolute Gasteiger partial charge is 0.343 e. The van der Waals surface area contributed by atoms with Crippen molar-refractivity contribution in [3.05, 3.63) is 59.7 Å². The normalized spacial score (nSPS) is 11.9. The Morgan fingerprint density at radius 3 is 2.03 bits per heavy atom. The number of rotatable bonds is 18. The van der Waals surface area contributed by atoms with Crippen molar-refractivity contribution < 1.29 is 19.0 Å². The van der Waals surface area contributed by atoms with Crippen molar-refractivity contribution in [1.29, 1.82) is 0 Å². The molecule has 0 unspecified atom stereocenters. The summed E-state index contributed by atoms with van der Waals surface area (Å²) in [5.41, 5.74) is 1.69. The number of ether oxygens (including phenoxy) is 3. The molecule has 0 N–H and O–H groups in total. The van der Waals surface area contributed by atoms with E-state index in [2.05, 4.69) is 20.8 Å². The zero-order valence-electron chi connectivity index (χ0n) is 21.5. The van der Waals surface area contributed by atoms with Crippen LogP contribution in [-0.4, -0.2) is 25.8 Å². The number of hydrogen-bond acceptors (Lipinski definition) is 4. The van der Waals surface area contributed by atoms with Gasteiger partial charge in [-0.1, -0.05) is 84.3 Å². The van der Waals surface area contributed by atoms with E-state index in [9.17, 15) is 4.79 Å². The van der Waals surface area contributed by atoms with E-state index in [1.807, 2.05) is 36.4 Å². The minimum atomic E-state index is -0.354. The molecule has 0 fully saturated rings. The van der Waals surface area contributed by atoms with E-state index in [-0.39, 0.29) is 5.97 Å². The Labute approximate surface area is 207 Å². The molecule has 0 radical (unpaired) electrons. The van der Waals surface area contributed by atoms with Gasteiger partial charge in [0.25, 0.3) is 0 Å². The van der Waals surface area contributed by atoms with Gasteiger partial charge in [0.1, 0.15) is 11.5 Å². The van der Waals surface area contributed by atoms with E-state index in [0.717, 1.165) is 43.8 Å². The second kappa shape index (κ2) is 17.2. The second-order valence-electron chi connectivity index (χ2n) is 9.22. The lowest BCUT2D eigenvalue weighted by molar-refractivity contribution is 0.0734. The first-order valence-corrected chi connectivity index (χ1v) is 13.2. The molecule has 2 aromatic rings. The Balaban J connectivity index is 1.64. The third-order valence-corrected chi connectivity index (χ3v) is 6.12. The molecule has 0 bridgehead atoms. The summed E-state index contributed by atoms with van der Waals surface area (Å²) in [5.74, 6) is 1.56. The Morgan fingerprint density at radius 1 is 0.765 bits per heavy atom. The van der Waals surface area contributed by atoms with Crippen LogP contribution in [0.3, 0.4) is 0 Å². The van der Waals surface area contributed by atoms with Crippen molar-refractivity contribution >= 4 is 5.97 Å². The van der Waals surface area contributed by atoms with Gasteiger partial charge in [0.2, 0.25) is 0 Å². The standard InChI is InChI=1S/C30H44O4/c1-4-6-7-8-9-10-11-12-22-33-28-17-19-29(20-18-28)34-30(31)27-15-13-26(14-16-27)21-23-32-24-25(3)5-2/h13-20,25H,4-12,21-24H2,1-3H3/t25-/m0/s1. The van der Waals surface area contributed by atoms with Crippen LogP contribution in [0, 0.1) is 5.92 Å². The lowest BCUT2D eigenvalue weighted by atomic mass is 10.1. The van der Waals surface area contributed by atoms with E-state index in [4.69, 9.17) is 14.2 Å². The third-order valence-electron chi connectivity index (χ3n) is 6.12. The summed E-state index contributed by atoms with van der Waals surface area (Å²) in [5, 5.41) is 0. The predicted octanol–water partition coefficient (Wildman–Crippen LogP) is 8.03. The molecule has 188 valence electrons. The fourth-order valence-electron chi connectivity index (χ4n) is 3.60. The van der Waals surface area contributed by atoms with Crippen molar-refractivity contribution in [2.24, 2.45) is 5.92 Å². The summed E-state index contributed by atoms with van der Waals surface area (Å²) in [4.78, 5) is 12.5. The van der Waals surface area contributed by atoms with E-state index >= 15 is 0 Å². The molecular weight excluding hydrogens is 424 g/mol. The van der Waals surface area contributed by atoms with Gasteiger partial charge in [-0.2, -0.15) is 0 Å². The SMILES string of the molecule is CCCCCCCCCCOc1ccc(OC(=O)c2ccc(CCOC[C@@H](C)CC)cc2)cc1. The summed E-state index contributed by atoms with van der Waals surface area (Å²) in [6.45, 7) is 8.83. The van der Waals surface area contributed by atoms with Gasteiger partial charge in [-0.05, 0) is 60.7 Å². The molecular formula is C30H44O4. The largest absolute Gasteiger partial charge is 0.494 e. The number of hydrogen-bond donors (Lipinski definition) is 0. The van der Waals surface area contributed by atoms with Crippen molar-refractivity contribution in [2.75, 3.05) is 19.8 Å². The van der Waals surface area contributed by atoms with Crippen molar-refractivity contribution in [2.45, 2.75) is 85.0 Å². The topological polar surface area (TPSA) is 44.8 Å². The molecule has 0 amide bonds. The van der Waals surface area contributed by atoms with Crippen LogP contribution in [0.4, 0.5) is 0 Å². The number of carbonyl (C=O) groups is 1. The average Bonchev–Trinajstić information content (AvgIpc) is 2.86. The monoisotopic (exact) mass is 468 g/mol. The van der Waals surface area contributed by atoms with E-state index in [1.54, 1.807) is 12.1 Å². The molecule has 0 aliphatic heterocycles. The number of unbranched alkanes of at least 4 members (excludes halogenated alkanes) is 7. The molecule has 0 aliphatic rings. The van der Waals surface area contributed by atoms with Gasteiger partial charge in [-0.15, -0.1) is 0 Å². The molecule has 0 heterocycles. The van der Waals surface area contributed by atoms with E-state index in [1.165, 1.54) is 44.9 Å². The summed E-state index contributed by atoms with van der Waals surface area (Å²) in [7, 11) is 0. The molecule has 0 spiro atoms. The van der Waals surface area contributed by atoms with Gasteiger partial charge < -0.3 is 14.2 Å². The van der Waals surface area contributed by atoms with Crippen LogP contribution in [0.15, 0.2) is 48.5 Å². The van der Waals surface area contributed by atoms with Crippen LogP contribution in [0.1, 0.15) is 94.5 Å². The lowest BCUT2D eigenvalue weighted by Crippen LogP contribution is -2.09. The Bertz CT molecular complexity index is 782. The van der Waals surface area contributed by atoms with E-state index < -0.39 is 0 Å². The van der Waals surface area contributed by atoms with Crippen LogP contribution in [0.5, 0.6) is 11.5 Å². The Morgan fingerprint density at radius 2 is 1.38 bits per heavy atom. The van der Waals surface area contributed by atoms with E-state index in [0.29, 0.717) is 23.8 Å². The zero-order chi connectivity index (χ0) is 24.4. The van der Waals surface area contributed by atoms with Crippen LogP contribution in [0.25, 0.3) is 0 Å². The quantitative estimate of drug-likeness (QED) is 0.126. The summed E-state index contributed by atoms with van der Waals surface area (Å²) in [6, 6.07) is 14.8. The highest BCUT2D eigenvalue weighted by atomic mass is 16.5. The summed E-state index contributed by atoms with van der Waals surface area (Å²) < 4.78 is 17.0. The van der Waals surface area contributed by atoms with Crippen LogP contribution in [0.2, 0.25) is 0 Å². The fraction of sp³-hybridized carbons (Fsp3) is 0.567. The highest BCUT2D eigenvalue weighted by Gasteiger charge is 2.09. The molecule has 4 nitrogen and oxygen atoms in total. The van der Waals surface area contributed by atoms with Gasteiger partial charge in [0.05, 0.1) is 18.8 Å². The molecule has 4 heteroatoms. The summed E-state index contributed by atoms with van der Waals surface area (Å²) in [6.07, 6.45) is 12.2. The van der Waals surface area contributed by atoms with Gasteiger partial charge >= 0.3 is 5.97 Å². The fourth-order valence-corrected chi connectivity index (χ4v) is 3.60. The average molecular weight is 469 g/mol. The molecule has 2 rings (SSSR count). The molecule has 0 aromatic heterocycles. The highest BCUT2D eigenvalue weighted by Crippen LogP contribution is 2.19. The third kappa shape index (κ3) is 11.7. The first-order valence-electron chi connectivity index (χ1n) is 13.2. The van der Waals surface area contributed by atoms with Gasteiger partial charge in [-0.3, -0.25) is 0 Å². The highest BCUT2D eigenvalue weighted by molar-refractivity contribution is 5.91. The second-order valence-corrected chi connectivity index (χ2v) is 9.22. The van der Waals surface area contributed by atoms with Crippen molar-refractivity contribution in [3.63, 3.8) is 0 Å². The molecule has 0 saturated heterocycles. The maximum absolute atomic E-state index is 12.5. The number of carbonyl (C=O) groups excluding carboxylic acids is 1. The predicted molar refractivity (Wildman–Crippen MR) is 140 cm³/mol. The summed E-state index contributed by atoms with van der Waals surface area (Å²) >= 11 is 0. The van der Waals surface area contributed by atoms with Gasteiger partial charge in [0, 0.05) is 6.61 Å². The molecule has 1 atom stereocenters. The minimum absolute atomic E-state index is 0.354. The molecule has 2 aromatic carbocycles. The lowest BCUT2D eigenvalue weighted by Gasteiger charge is -2.10. The molecule has 0 aliphatic carbocycles. The Hall–Kier alpha value is -2.33. The number of benzene rings is 2. The first kappa shape index (κ1) is 27.9.